The molecule has 1 N–H and O–H groups in total. The van der Waals surface area contributed by atoms with Crippen molar-refractivity contribution in [3.05, 3.63) is 70.8 Å². The fourth-order valence-electron chi connectivity index (χ4n) is 1.96. The van der Waals surface area contributed by atoms with Crippen molar-refractivity contribution in [2.75, 3.05) is 5.32 Å². The first-order valence-electron chi connectivity index (χ1n) is 6.81. The maximum atomic E-state index is 12.1. The van der Waals surface area contributed by atoms with Gasteiger partial charge in [0.25, 0.3) is 5.91 Å². The number of rotatable bonds is 4. The van der Waals surface area contributed by atoms with Crippen molar-refractivity contribution in [2.45, 2.75) is 6.92 Å². The summed E-state index contributed by atoms with van der Waals surface area (Å²) in [6.45, 7) is 1.92. The van der Waals surface area contributed by atoms with Gasteiger partial charge in [-0.1, -0.05) is 42.0 Å². The molecule has 0 heterocycles. The molecule has 2 aromatic carbocycles. The van der Waals surface area contributed by atoms with Crippen LogP contribution in [-0.2, 0) is 4.79 Å². The standard InChI is InChI=1S/C18H14N2O3/c1-12-3-2-4-13(9-12)10-15(11-19)17(21)20-16-7-5-14(6-8-16)18(22)23/h2-10H,1H3,(H,20,21)(H,22,23)/p-1/b15-10-. The van der Waals surface area contributed by atoms with E-state index in [1.54, 1.807) is 6.07 Å². The third-order valence-corrected chi connectivity index (χ3v) is 3.10. The maximum absolute atomic E-state index is 12.1. The molecule has 5 nitrogen and oxygen atoms in total. The molecule has 0 atom stereocenters. The van der Waals surface area contributed by atoms with Crippen molar-refractivity contribution in [3.63, 3.8) is 0 Å². The number of hydrogen-bond acceptors (Lipinski definition) is 4. The van der Waals surface area contributed by atoms with E-state index in [0.717, 1.165) is 11.1 Å². The molecule has 0 fully saturated rings. The average Bonchev–Trinajstić information content (AvgIpc) is 2.53. The van der Waals surface area contributed by atoms with Crippen LogP contribution in [-0.4, -0.2) is 11.9 Å². The third kappa shape index (κ3) is 4.29. The van der Waals surface area contributed by atoms with Crippen LogP contribution in [0.3, 0.4) is 0 Å². The predicted octanol–water partition coefficient (Wildman–Crippen LogP) is 1.90. The number of nitriles is 1. The highest BCUT2D eigenvalue weighted by atomic mass is 16.4. The fraction of sp³-hybridized carbons (Fsp3) is 0.0556. The van der Waals surface area contributed by atoms with Gasteiger partial charge in [0.2, 0.25) is 0 Å². The molecule has 0 bridgehead atoms. The second-order valence-corrected chi connectivity index (χ2v) is 4.90. The van der Waals surface area contributed by atoms with E-state index in [4.69, 9.17) is 5.26 Å². The predicted molar refractivity (Wildman–Crippen MR) is 84.2 cm³/mol. The number of aromatic carboxylic acids is 1. The zero-order valence-corrected chi connectivity index (χ0v) is 12.4. The normalized spacial score (nSPS) is 10.7. The summed E-state index contributed by atoms with van der Waals surface area (Å²) >= 11 is 0. The molecular weight excluding hydrogens is 292 g/mol. The largest absolute Gasteiger partial charge is 0.545 e. The average molecular weight is 305 g/mol. The van der Waals surface area contributed by atoms with E-state index in [0.29, 0.717) is 5.69 Å². The Morgan fingerprint density at radius 3 is 2.43 bits per heavy atom. The number of aryl methyl sites for hydroxylation is 1. The van der Waals surface area contributed by atoms with Crippen LogP contribution in [0.25, 0.3) is 6.08 Å². The zero-order valence-electron chi connectivity index (χ0n) is 12.4. The van der Waals surface area contributed by atoms with Gasteiger partial charge in [0.15, 0.2) is 0 Å². The Labute approximate surface area is 133 Å². The molecule has 5 heteroatoms. The Hall–Kier alpha value is -3.39. The van der Waals surface area contributed by atoms with Crippen LogP contribution in [0.1, 0.15) is 21.5 Å². The van der Waals surface area contributed by atoms with Gasteiger partial charge in [-0.2, -0.15) is 5.26 Å². The molecule has 0 saturated carbocycles. The van der Waals surface area contributed by atoms with Crippen molar-refractivity contribution in [1.29, 1.82) is 5.26 Å². The van der Waals surface area contributed by atoms with E-state index in [-0.39, 0.29) is 11.1 Å². The number of carboxylic acid groups (broad SMARTS) is 1. The lowest BCUT2D eigenvalue weighted by molar-refractivity contribution is -0.255. The molecule has 114 valence electrons. The van der Waals surface area contributed by atoms with Gasteiger partial charge >= 0.3 is 0 Å². The molecule has 0 aliphatic rings. The lowest BCUT2D eigenvalue weighted by atomic mass is 10.1. The molecule has 0 unspecified atom stereocenters. The second kappa shape index (κ2) is 7.05. The summed E-state index contributed by atoms with van der Waals surface area (Å²) < 4.78 is 0. The number of hydrogen-bond donors (Lipinski definition) is 1. The molecule has 0 aromatic heterocycles. The Bertz CT molecular complexity index is 815. The minimum absolute atomic E-state index is 0.0128. The van der Waals surface area contributed by atoms with Gasteiger partial charge in [-0.15, -0.1) is 0 Å². The summed E-state index contributed by atoms with van der Waals surface area (Å²) in [7, 11) is 0. The summed E-state index contributed by atoms with van der Waals surface area (Å²) in [6, 6.07) is 14.8. The molecule has 2 aromatic rings. The van der Waals surface area contributed by atoms with E-state index in [9.17, 15) is 14.7 Å². The third-order valence-electron chi connectivity index (χ3n) is 3.10. The molecule has 0 saturated heterocycles. The molecule has 1 amide bonds. The first-order valence-corrected chi connectivity index (χ1v) is 6.81. The number of carboxylic acids is 1. The Morgan fingerprint density at radius 2 is 1.87 bits per heavy atom. The van der Waals surface area contributed by atoms with Crippen molar-refractivity contribution in [3.8, 4) is 6.07 Å². The Morgan fingerprint density at radius 1 is 1.17 bits per heavy atom. The van der Waals surface area contributed by atoms with E-state index in [1.165, 1.54) is 30.3 Å². The van der Waals surface area contributed by atoms with Crippen LogP contribution in [0.15, 0.2) is 54.1 Å². The van der Waals surface area contributed by atoms with Gasteiger partial charge in [0.05, 0.1) is 5.97 Å². The summed E-state index contributed by atoms with van der Waals surface area (Å²) in [5.74, 6) is -1.85. The van der Waals surface area contributed by atoms with Crippen LogP contribution in [0.2, 0.25) is 0 Å². The Balaban J connectivity index is 2.17. The highest BCUT2D eigenvalue weighted by Crippen LogP contribution is 2.13. The number of nitrogens with one attached hydrogen (secondary N) is 1. The van der Waals surface area contributed by atoms with Crippen LogP contribution in [0.5, 0.6) is 0 Å². The van der Waals surface area contributed by atoms with Crippen LogP contribution < -0.4 is 10.4 Å². The van der Waals surface area contributed by atoms with Crippen LogP contribution in [0.4, 0.5) is 5.69 Å². The van der Waals surface area contributed by atoms with E-state index in [1.807, 2.05) is 31.2 Å². The number of carbonyl (C=O) groups excluding carboxylic acids is 2. The summed E-state index contributed by atoms with van der Waals surface area (Å²) in [5.41, 5.74) is 2.14. The van der Waals surface area contributed by atoms with Gasteiger partial charge < -0.3 is 15.2 Å². The van der Waals surface area contributed by atoms with Crippen molar-refractivity contribution in [1.82, 2.24) is 0 Å². The topological polar surface area (TPSA) is 93.0 Å². The summed E-state index contributed by atoms with van der Waals surface area (Å²) in [5, 5.41) is 22.4. The first kappa shape index (κ1) is 16.0. The smallest absolute Gasteiger partial charge is 0.266 e. The number of amides is 1. The molecule has 0 radical (unpaired) electrons. The van der Waals surface area contributed by atoms with Crippen molar-refractivity contribution >= 4 is 23.6 Å². The van der Waals surface area contributed by atoms with Gasteiger partial charge in [-0.3, -0.25) is 4.79 Å². The number of anilines is 1. The SMILES string of the molecule is Cc1cccc(/C=C(/C#N)C(=O)Nc2ccc(C(=O)[O-])cc2)c1. The van der Waals surface area contributed by atoms with Crippen LogP contribution in [0, 0.1) is 18.3 Å². The van der Waals surface area contributed by atoms with Gasteiger partial charge in [0.1, 0.15) is 11.6 Å². The first-order chi connectivity index (χ1) is 11.0. The maximum Gasteiger partial charge on any atom is 0.266 e. The zero-order chi connectivity index (χ0) is 16.8. The lowest BCUT2D eigenvalue weighted by Crippen LogP contribution is -2.22. The van der Waals surface area contributed by atoms with Crippen LogP contribution >= 0.6 is 0 Å². The van der Waals surface area contributed by atoms with Gasteiger partial charge in [0, 0.05) is 5.69 Å². The minimum atomic E-state index is -1.29. The fourth-order valence-corrected chi connectivity index (χ4v) is 1.96. The Kier molecular flexibility index (Phi) is 4.90. The van der Waals surface area contributed by atoms with E-state index >= 15 is 0 Å². The molecule has 0 aliphatic carbocycles. The van der Waals surface area contributed by atoms with Gasteiger partial charge in [-0.25, -0.2) is 0 Å². The number of carbonyl (C=O) groups is 2. The van der Waals surface area contributed by atoms with E-state index in [2.05, 4.69) is 5.32 Å². The second-order valence-electron chi connectivity index (χ2n) is 4.90. The molecule has 0 spiro atoms. The highest BCUT2D eigenvalue weighted by molar-refractivity contribution is 6.09. The molecule has 23 heavy (non-hydrogen) atoms. The molecule has 2 rings (SSSR count). The summed E-state index contributed by atoms with van der Waals surface area (Å²) in [6.07, 6.45) is 1.50. The number of nitrogens with zero attached hydrogens (tertiary/aromatic N) is 1. The minimum Gasteiger partial charge on any atom is -0.545 e. The van der Waals surface area contributed by atoms with Crippen molar-refractivity contribution < 1.29 is 14.7 Å². The summed E-state index contributed by atoms with van der Waals surface area (Å²) in [4.78, 5) is 22.8. The molecular formula is C18H13N2O3-. The van der Waals surface area contributed by atoms with Gasteiger partial charge in [-0.05, 0) is 36.3 Å². The van der Waals surface area contributed by atoms with Crippen molar-refractivity contribution in [2.24, 2.45) is 0 Å². The lowest BCUT2D eigenvalue weighted by Gasteiger charge is -2.06. The number of benzene rings is 2. The van der Waals surface area contributed by atoms with E-state index < -0.39 is 11.9 Å². The monoisotopic (exact) mass is 305 g/mol. The highest BCUT2D eigenvalue weighted by Gasteiger charge is 2.09. The molecule has 0 aliphatic heterocycles. The quantitative estimate of drug-likeness (QED) is 0.689.